The number of carbonyl (C=O) groups is 1. The lowest BCUT2D eigenvalue weighted by Gasteiger charge is -2.19. The second kappa shape index (κ2) is 7.94. The van der Waals surface area contributed by atoms with Gasteiger partial charge in [0.15, 0.2) is 0 Å². The van der Waals surface area contributed by atoms with Crippen molar-refractivity contribution in [2.24, 2.45) is 0 Å². The number of hydrogen-bond acceptors (Lipinski definition) is 8. The molecule has 1 aliphatic rings. The van der Waals surface area contributed by atoms with Gasteiger partial charge in [-0.3, -0.25) is 5.32 Å². The molecule has 1 amide bonds. The van der Waals surface area contributed by atoms with Crippen LogP contribution in [0.5, 0.6) is 5.75 Å². The first kappa shape index (κ1) is 19.6. The fourth-order valence-electron chi connectivity index (χ4n) is 3.48. The standard InChI is InChI=1S/C20H23N5O3S/c1-11-12(2)23-24-19-15(11)16(21)17(29-19)18(26)22-13-8-9-25(10-13)20(27)28-14-6-4-3-5-7-14/h3-7,13,18,22,26H,8-10,21H2,1-2H3. The smallest absolute Gasteiger partial charge is 0.410 e. The van der Waals surface area contributed by atoms with Gasteiger partial charge in [0, 0.05) is 24.5 Å². The summed E-state index contributed by atoms with van der Waals surface area (Å²) in [5.41, 5.74) is 8.62. The number of likely N-dealkylation sites (tertiary alicyclic amines) is 1. The normalized spacial score (nSPS) is 17.6. The molecular weight excluding hydrogens is 390 g/mol. The van der Waals surface area contributed by atoms with Gasteiger partial charge in [-0.1, -0.05) is 18.2 Å². The maximum atomic E-state index is 12.3. The molecule has 1 fully saturated rings. The summed E-state index contributed by atoms with van der Waals surface area (Å²) in [5.74, 6) is 0.513. The number of nitrogen functional groups attached to an aromatic ring is 1. The summed E-state index contributed by atoms with van der Waals surface area (Å²) >= 11 is 1.33. The highest BCUT2D eigenvalue weighted by Gasteiger charge is 2.30. The van der Waals surface area contributed by atoms with Crippen LogP contribution in [0, 0.1) is 13.8 Å². The Bertz CT molecular complexity index is 1040. The number of hydrogen-bond donors (Lipinski definition) is 3. The molecule has 2 aromatic heterocycles. The van der Waals surface area contributed by atoms with Crippen LogP contribution in [0.1, 0.15) is 28.8 Å². The Labute approximate surface area is 172 Å². The quantitative estimate of drug-likeness (QED) is 0.564. The van der Waals surface area contributed by atoms with Gasteiger partial charge < -0.3 is 20.5 Å². The van der Waals surface area contributed by atoms with Crippen LogP contribution in [0.15, 0.2) is 30.3 Å². The number of rotatable bonds is 4. The molecule has 0 aliphatic carbocycles. The van der Waals surface area contributed by atoms with Gasteiger partial charge >= 0.3 is 6.09 Å². The average Bonchev–Trinajstić information content (AvgIpc) is 3.30. The number of ether oxygens (including phenoxy) is 1. The van der Waals surface area contributed by atoms with Gasteiger partial charge in [0.1, 0.15) is 16.8 Å². The van der Waals surface area contributed by atoms with Crippen LogP contribution in [-0.2, 0) is 0 Å². The molecule has 4 N–H and O–H groups in total. The number of aryl methyl sites for hydroxylation is 2. The lowest BCUT2D eigenvalue weighted by atomic mass is 10.1. The zero-order valence-corrected chi connectivity index (χ0v) is 17.1. The lowest BCUT2D eigenvalue weighted by Crippen LogP contribution is -2.38. The molecule has 4 rings (SSSR count). The third-order valence-electron chi connectivity index (χ3n) is 5.20. The topological polar surface area (TPSA) is 114 Å². The molecule has 1 aliphatic heterocycles. The number of amides is 1. The number of thiophene rings is 1. The van der Waals surface area contributed by atoms with E-state index >= 15 is 0 Å². The van der Waals surface area contributed by atoms with E-state index in [0.29, 0.717) is 40.7 Å². The molecule has 0 bridgehead atoms. The molecule has 0 radical (unpaired) electrons. The van der Waals surface area contributed by atoms with Gasteiger partial charge in [-0.25, -0.2) is 4.79 Å². The first-order valence-electron chi connectivity index (χ1n) is 9.41. The molecule has 29 heavy (non-hydrogen) atoms. The Morgan fingerprint density at radius 2 is 2.10 bits per heavy atom. The minimum absolute atomic E-state index is 0.0631. The van der Waals surface area contributed by atoms with Crippen LogP contribution in [0.3, 0.4) is 0 Å². The fraction of sp³-hybridized carbons (Fsp3) is 0.350. The number of benzene rings is 1. The molecular formula is C20H23N5O3S. The van der Waals surface area contributed by atoms with Crippen LogP contribution in [-0.4, -0.2) is 45.4 Å². The number of fused-ring (bicyclic) bond motifs is 1. The molecule has 2 atom stereocenters. The first-order valence-corrected chi connectivity index (χ1v) is 10.2. The molecule has 1 aromatic carbocycles. The maximum Gasteiger partial charge on any atom is 0.415 e. The third-order valence-corrected chi connectivity index (χ3v) is 6.34. The number of para-hydroxylation sites is 1. The van der Waals surface area contributed by atoms with Crippen molar-refractivity contribution in [2.75, 3.05) is 18.8 Å². The van der Waals surface area contributed by atoms with Crippen LogP contribution < -0.4 is 15.8 Å². The molecule has 0 saturated carbocycles. The van der Waals surface area contributed by atoms with E-state index in [0.717, 1.165) is 16.6 Å². The van der Waals surface area contributed by atoms with Crippen LogP contribution in [0.25, 0.3) is 10.2 Å². The second-order valence-electron chi connectivity index (χ2n) is 7.15. The predicted octanol–water partition coefficient (Wildman–Crippen LogP) is 2.74. The van der Waals surface area contributed by atoms with Crippen molar-refractivity contribution in [3.63, 3.8) is 0 Å². The van der Waals surface area contributed by atoms with Crippen molar-refractivity contribution in [2.45, 2.75) is 32.5 Å². The Morgan fingerprint density at radius 1 is 1.34 bits per heavy atom. The lowest BCUT2D eigenvalue weighted by molar-refractivity contribution is 0.125. The number of aliphatic hydroxyl groups is 1. The second-order valence-corrected chi connectivity index (χ2v) is 8.18. The van der Waals surface area contributed by atoms with E-state index in [1.165, 1.54) is 11.3 Å². The highest BCUT2D eigenvalue weighted by Crippen LogP contribution is 2.38. The highest BCUT2D eigenvalue weighted by molar-refractivity contribution is 7.19. The molecule has 9 heteroatoms. The Kier molecular flexibility index (Phi) is 5.35. The SMILES string of the molecule is Cc1nnc2sc(C(O)NC3CCN(C(=O)Oc4ccccc4)C3)c(N)c2c1C. The van der Waals surface area contributed by atoms with E-state index < -0.39 is 12.3 Å². The summed E-state index contributed by atoms with van der Waals surface area (Å²) in [6.07, 6.45) is -0.620. The van der Waals surface area contributed by atoms with Crippen molar-refractivity contribution in [3.8, 4) is 5.75 Å². The molecule has 152 valence electrons. The number of nitrogens with zero attached hydrogens (tertiary/aromatic N) is 3. The largest absolute Gasteiger partial charge is 0.415 e. The van der Waals surface area contributed by atoms with E-state index in [4.69, 9.17) is 10.5 Å². The minimum Gasteiger partial charge on any atom is -0.410 e. The summed E-state index contributed by atoms with van der Waals surface area (Å²) in [5, 5.41) is 23.1. The number of aliphatic hydroxyl groups excluding tert-OH is 1. The molecule has 3 heterocycles. The first-order chi connectivity index (χ1) is 13.9. The zero-order chi connectivity index (χ0) is 20.5. The zero-order valence-electron chi connectivity index (χ0n) is 16.3. The summed E-state index contributed by atoms with van der Waals surface area (Å²) in [6, 6.07) is 8.91. The highest BCUT2D eigenvalue weighted by atomic mass is 32.1. The Hall–Kier alpha value is -2.75. The number of aromatic nitrogens is 2. The van der Waals surface area contributed by atoms with Crippen molar-refractivity contribution in [1.29, 1.82) is 0 Å². The third kappa shape index (κ3) is 3.89. The van der Waals surface area contributed by atoms with E-state index in [9.17, 15) is 9.90 Å². The Morgan fingerprint density at radius 3 is 2.86 bits per heavy atom. The van der Waals surface area contributed by atoms with Gasteiger partial charge in [-0.2, -0.15) is 5.10 Å². The van der Waals surface area contributed by atoms with Crippen LogP contribution >= 0.6 is 11.3 Å². The maximum absolute atomic E-state index is 12.3. The van der Waals surface area contributed by atoms with Crippen LogP contribution in [0.4, 0.5) is 10.5 Å². The molecule has 8 nitrogen and oxygen atoms in total. The average molecular weight is 414 g/mol. The van der Waals surface area contributed by atoms with Crippen molar-refractivity contribution in [3.05, 3.63) is 46.5 Å². The number of nitrogens with two attached hydrogens (primary N) is 1. The number of nitrogens with one attached hydrogen (secondary N) is 1. The summed E-state index contributed by atoms with van der Waals surface area (Å²) < 4.78 is 5.38. The van der Waals surface area contributed by atoms with Crippen molar-refractivity contribution < 1.29 is 14.6 Å². The summed E-state index contributed by atoms with van der Waals surface area (Å²) in [7, 11) is 0. The number of carbonyl (C=O) groups excluding carboxylic acids is 1. The summed E-state index contributed by atoms with van der Waals surface area (Å²) in [6.45, 7) is 4.84. The van der Waals surface area contributed by atoms with Crippen molar-refractivity contribution >= 4 is 33.3 Å². The van der Waals surface area contributed by atoms with Gasteiger partial charge in [0.25, 0.3) is 0 Å². The van der Waals surface area contributed by atoms with E-state index in [2.05, 4.69) is 15.5 Å². The fourth-order valence-corrected chi connectivity index (χ4v) is 4.52. The van der Waals surface area contributed by atoms with E-state index in [1.807, 2.05) is 32.0 Å². The molecule has 2 unspecified atom stereocenters. The molecule has 3 aromatic rings. The van der Waals surface area contributed by atoms with Gasteiger partial charge in [0.05, 0.1) is 16.3 Å². The number of anilines is 1. The molecule has 1 saturated heterocycles. The van der Waals surface area contributed by atoms with E-state index in [-0.39, 0.29) is 6.04 Å². The van der Waals surface area contributed by atoms with Gasteiger partial charge in [0.2, 0.25) is 0 Å². The Balaban J connectivity index is 1.41. The van der Waals surface area contributed by atoms with E-state index in [1.54, 1.807) is 17.0 Å². The minimum atomic E-state index is -0.941. The van der Waals surface area contributed by atoms with Gasteiger partial charge in [-0.05, 0) is 38.0 Å². The monoisotopic (exact) mass is 413 g/mol. The van der Waals surface area contributed by atoms with Gasteiger partial charge in [-0.15, -0.1) is 16.4 Å². The molecule has 0 spiro atoms. The predicted molar refractivity (Wildman–Crippen MR) is 112 cm³/mol. The van der Waals surface area contributed by atoms with Crippen LogP contribution in [0.2, 0.25) is 0 Å². The van der Waals surface area contributed by atoms with Crippen molar-refractivity contribution in [1.82, 2.24) is 20.4 Å². The summed E-state index contributed by atoms with van der Waals surface area (Å²) in [4.78, 5) is 15.3.